The minimum atomic E-state index is -0.762. The van der Waals surface area contributed by atoms with Crippen LogP contribution >= 0.6 is 0 Å². The first-order valence-electron chi connectivity index (χ1n) is 32.6. The molecule has 15 aromatic rings. The third kappa shape index (κ3) is 7.82. The highest BCUT2D eigenvalue weighted by molar-refractivity contribution is 6.21. The van der Waals surface area contributed by atoms with Crippen molar-refractivity contribution in [2.45, 2.75) is 30.1 Å². The molecule has 0 fully saturated rings. The molecule has 1 aliphatic carbocycles. The maximum absolute atomic E-state index is 2.58. The van der Waals surface area contributed by atoms with Crippen LogP contribution in [0.4, 0.5) is 34.1 Å². The first kappa shape index (κ1) is 54.4. The van der Waals surface area contributed by atoms with Crippen LogP contribution in [-0.4, -0.2) is 0 Å². The molecular weight excluding hydrogens is 1120 g/mol. The summed E-state index contributed by atoms with van der Waals surface area (Å²) in [5.74, 6) is 0. The second-order valence-electron chi connectivity index (χ2n) is 25.7. The molecule has 0 atom stereocenters. The van der Waals surface area contributed by atoms with Crippen LogP contribution in [0.3, 0.4) is 0 Å². The lowest BCUT2D eigenvalue weighted by molar-refractivity contribution is 0.662. The van der Waals surface area contributed by atoms with Gasteiger partial charge < -0.3 is 9.80 Å². The number of anilines is 6. The van der Waals surface area contributed by atoms with Crippen LogP contribution in [0, 0.1) is 0 Å². The van der Waals surface area contributed by atoms with Gasteiger partial charge in [-0.2, -0.15) is 0 Å². The van der Waals surface area contributed by atoms with Gasteiger partial charge in [0.15, 0.2) is 0 Å². The van der Waals surface area contributed by atoms with Gasteiger partial charge in [0.05, 0.1) is 33.6 Å². The molecule has 438 valence electrons. The fourth-order valence-corrected chi connectivity index (χ4v) is 17.2. The zero-order valence-electron chi connectivity index (χ0n) is 51.9. The van der Waals surface area contributed by atoms with E-state index in [4.69, 9.17) is 0 Å². The van der Waals surface area contributed by atoms with Gasteiger partial charge in [0.25, 0.3) is 0 Å². The summed E-state index contributed by atoms with van der Waals surface area (Å²) in [6.45, 7) is 4.87. The molecule has 2 aliphatic heterocycles. The van der Waals surface area contributed by atoms with E-state index in [2.05, 4.69) is 375 Å². The summed E-state index contributed by atoms with van der Waals surface area (Å²) >= 11 is 0. The number of para-hydroxylation sites is 4. The molecule has 0 bridgehead atoms. The van der Waals surface area contributed by atoms with E-state index in [1.54, 1.807) is 0 Å². The third-order valence-electron chi connectivity index (χ3n) is 20.7. The van der Waals surface area contributed by atoms with Gasteiger partial charge in [-0.05, 0) is 165 Å². The highest BCUT2D eigenvalue weighted by Crippen LogP contribution is 2.64. The van der Waals surface area contributed by atoms with Crippen molar-refractivity contribution in [1.82, 2.24) is 0 Å². The first-order chi connectivity index (χ1) is 46.0. The maximum atomic E-state index is 2.58. The smallest absolute Gasteiger partial charge is 0.0748 e. The van der Waals surface area contributed by atoms with E-state index in [-0.39, 0.29) is 5.41 Å². The van der Waals surface area contributed by atoms with Gasteiger partial charge in [0, 0.05) is 27.9 Å². The van der Waals surface area contributed by atoms with Gasteiger partial charge >= 0.3 is 0 Å². The van der Waals surface area contributed by atoms with Crippen LogP contribution in [0.25, 0.3) is 66.1 Å². The molecule has 2 heterocycles. The lowest BCUT2D eigenvalue weighted by Gasteiger charge is -2.47. The van der Waals surface area contributed by atoms with E-state index in [1.165, 1.54) is 122 Å². The summed E-state index contributed by atoms with van der Waals surface area (Å²) in [5.41, 5.74) is 27.2. The average Bonchev–Trinajstić information content (AvgIpc) is 1.30. The summed E-state index contributed by atoms with van der Waals surface area (Å²) in [6, 6.07) is 133. The molecule has 0 spiro atoms. The maximum Gasteiger partial charge on any atom is 0.0748 e. The van der Waals surface area contributed by atoms with E-state index in [0.29, 0.717) is 0 Å². The number of fused-ring (bicyclic) bond motifs is 9. The molecule has 2 heteroatoms. The Morgan fingerprint density at radius 3 is 0.946 bits per heavy atom. The molecule has 15 aromatic carbocycles. The second kappa shape index (κ2) is 21.3. The normalized spacial score (nSPS) is 14.3. The fourth-order valence-electron chi connectivity index (χ4n) is 17.2. The van der Waals surface area contributed by atoms with Crippen LogP contribution in [0.15, 0.2) is 352 Å². The van der Waals surface area contributed by atoms with Crippen molar-refractivity contribution < 1.29 is 0 Å². The molecule has 18 rings (SSSR count). The lowest BCUT2D eigenvalue weighted by atomic mass is 9.60. The molecule has 93 heavy (non-hydrogen) atoms. The number of hydrogen-bond donors (Lipinski definition) is 0. The molecule has 0 saturated heterocycles. The van der Waals surface area contributed by atoms with Crippen LogP contribution in [0.5, 0.6) is 0 Å². The van der Waals surface area contributed by atoms with Gasteiger partial charge in [-0.3, -0.25) is 0 Å². The molecule has 0 radical (unpaired) electrons. The molecule has 0 saturated carbocycles. The van der Waals surface area contributed by atoms with Crippen molar-refractivity contribution in [2.24, 2.45) is 0 Å². The second-order valence-corrected chi connectivity index (χ2v) is 25.7. The molecule has 0 N–H and O–H groups in total. The van der Waals surface area contributed by atoms with E-state index >= 15 is 0 Å². The highest BCUT2D eigenvalue weighted by Gasteiger charge is 2.50. The van der Waals surface area contributed by atoms with Crippen molar-refractivity contribution in [3.63, 3.8) is 0 Å². The Labute approximate surface area is 544 Å². The third-order valence-corrected chi connectivity index (χ3v) is 20.7. The van der Waals surface area contributed by atoms with Crippen LogP contribution in [-0.2, 0) is 16.2 Å². The number of hydrogen-bond acceptors (Lipinski definition) is 2. The zero-order chi connectivity index (χ0) is 61.8. The van der Waals surface area contributed by atoms with Gasteiger partial charge in [0.1, 0.15) is 0 Å². The van der Waals surface area contributed by atoms with Gasteiger partial charge in [-0.15, -0.1) is 0 Å². The SMILES string of the molecule is CC1(C)c2ccccc2-c2cccc(-c3c4cccc(-c5cccc6c5C(c5ccccc5)(c5ccccc5)c5ccccc5N6c5ccccc5)c4cc4c(-c5cccc6c5C(c5ccccc5)(c5ccccc5)c5ccccc5N6c5ccccc5)cccc34)c21. The van der Waals surface area contributed by atoms with E-state index in [9.17, 15) is 0 Å². The Morgan fingerprint density at radius 2 is 0.516 bits per heavy atom. The summed E-state index contributed by atoms with van der Waals surface area (Å²) in [6.07, 6.45) is 0. The van der Waals surface area contributed by atoms with E-state index in [1.807, 2.05) is 0 Å². The summed E-state index contributed by atoms with van der Waals surface area (Å²) in [7, 11) is 0. The Morgan fingerprint density at radius 1 is 0.215 bits per heavy atom. The molecule has 2 nitrogen and oxygen atoms in total. The Kier molecular flexibility index (Phi) is 12.4. The Hall–Kier alpha value is -11.6. The fraction of sp³-hybridized carbons (Fsp3) is 0.0549. The predicted octanol–water partition coefficient (Wildman–Crippen LogP) is 23.6. The number of nitrogens with zero attached hydrogens (tertiary/aromatic N) is 2. The number of benzene rings is 15. The molecule has 3 aliphatic rings. The van der Waals surface area contributed by atoms with Gasteiger partial charge in [-0.1, -0.05) is 311 Å². The highest BCUT2D eigenvalue weighted by atomic mass is 15.2. The molecule has 0 aromatic heterocycles. The van der Waals surface area contributed by atoms with Crippen molar-refractivity contribution >= 4 is 55.7 Å². The lowest BCUT2D eigenvalue weighted by Crippen LogP contribution is -2.38. The largest absolute Gasteiger partial charge is 0.310 e. The topological polar surface area (TPSA) is 6.48 Å². The monoisotopic (exact) mass is 1180 g/mol. The van der Waals surface area contributed by atoms with Crippen LogP contribution in [0.1, 0.15) is 69.5 Å². The minimum Gasteiger partial charge on any atom is -0.310 e. The van der Waals surface area contributed by atoms with E-state index in [0.717, 1.165) is 34.1 Å². The standard InChI is InChI=1S/C91H64N2/c1-89(2)78-53-22-21-44-69(78)74-49-29-52-75(86(74)89)85-70-47-27-45-67(72-50-30-58-83-87(72)90(61-32-9-3-10-33-61,62-34-11-4-12-35-62)79-54-23-25-56-81(79)92(83)65-40-17-7-18-41-65)76(70)60-77-68(46-28-48-71(77)85)73-51-31-59-84-88(73)91(63-36-13-5-14-37-63,64-38-15-6-16-39-64)80-55-24-26-57-82(80)93(84)66-42-19-8-20-43-66/h3-60H,1-2H3. The van der Waals surface area contributed by atoms with Crippen molar-refractivity contribution in [2.75, 3.05) is 9.80 Å². The van der Waals surface area contributed by atoms with Crippen molar-refractivity contribution in [1.29, 1.82) is 0 Å². The minimum absolute atomic E-state index is 0.304. The quantitative estimate of drug-likeness (QED) is 0.133. The summed E-state index contributed by atoms with van der Waals surface area (Å²) < 4.78 is 0. The van der Waals surface area contributed by atoms with E-state index < -0.39 is 10.8 Å². The van der Waals surface area contributed by atoms with Crippen molar-refractivity contribution in [3.8, 4) is 44.5 Å². The van der Waals surface area contributed by atoms with Crippen LogP contribution in [0.2, 0.25) is 0 Å². The van der Waals surface area contributed by atoms with Gasteiger partial charge in [0.2, 0.25) is 0 Å². The predicted molar refractivity (Wildman–Crippen MR) is 388 cm³/mol. The molecule has 0 amide bonds. The summed E-state index contributed by atoms with van der Waals surface area (Å²) in [4.78, 5) is 5.02. The number of rotatable bonds is 9. The zero-order valence-corrected chi connectivity index (χ0v) is 51.9. The summed E-state index contributed by atoms with van der Waals surface area (Å²) in [5, 5.41) is 4.78. The average molecular weight is 1190 g/mol. The van der Waals surface area contributed by atoms with Crippen molar-refractivity contribution in [3.05, 3.63) is 407 Å². The Balaban J connectivity index is 1.01. The Bertz CT molecular complexity index is 5040. The van der Waals surface area contributed by atoms with Gasteiger partial charge in [-0.25, -0.2) is 0 Å². The first-order valence-corrected chi connectivity index (χ1v) is 32.6. The molecule has 0 unspecified atom stereocenters. The molecular formula is C91H64N2. The van der Waals surface area contributed by atoms with Crippen LogP contribution < -0.4 is 9.80 Å².